The van der Waals surface area contributed by atoms with Gasteiger partial charge >= 0.3 is 0 Å². The number of ether oxygens (including phenoxy) is 1. The standard InChI is InChI=1S/C16H16O3S/c1-19-15-12-14(10-11-16(15)20(2,17)18)9-8-13-6-4-3-5-7-13/h3-12H,1-2H3. The number of hydrogen-bond donors (Lipinski definition) is 0. The molecule has 0 atom stereocenters. The Balaban J connectivity index is 2.34. The molecule has 104 valence electrons. The number of methoxy groups -OCH3 is 1. The second kappa shape index (κ2) is 5.92. The molecule has 0 aromatic heterocycles. The van der Waals surface area contributed by atoms with Gasteiger partial charge in [0.05, 0.1) is 7.11 Å². The summed E-state index contributed by atoms with van der Waals surface area (Å²) in [7, 11) is -1.81. The predicted molar refractivity (Wildman–Crippen MR) is 81.5 cm³/mol. The molecule has 0 saturated heterocycles. The van der Waals surface area contributed by atoms with Crippen LogP contribution in [0.15, 0.2) is 53.4 Å². The average Bonchev–Trinajstić information content (AvgIpc) is 2.45. The fraction of sp³-hybridized carbons (Fsp3) is 0.125. The van der Waals surface area contributed by atoms with Gasteiger partial charge in [0.15, 0.2) is 9.84 Å². The van der Waals surface area contributed by atoms with Crippen LogP contribution in [0.1, 0.15) is 11.1 Å². The first kappa shape index (κ1) is 14.3. The maximum atomic E-state index is 11.6. The summed E-state index contributed by atoms with van der Waals surface area (Å²) in [6.45, 7) is 0. The third kappa shape index (κ3) is 3.48. The maximum Gasteiger partial charge on any atom is 0.179 e. The summed E-state index contributed by atoms with van der Waals surface area (Å²) in [5, 5.41) is 0. The molecule has 2 rings (SSSR count). The Labute approximate surface area is 119 Å². The molecular weight excluding hydrogens is 272 g/mol. The van der Waals surface area contributed by atoms with E-state index in [0.29, 0.717) is 5.75 Å². The Hall–Kier alpha value is -2.07. The van der Waals surface area contributed by atoms with Crippen LogP contribution in [-0.2, 0) is 9.84 Å². The first-order valence-corrected chi connectivity index (χ1v) is 8.01. The van der Waals surface area contributed by atoms with E-state index in [1.165, 1.54) is 13.4 Å². The molecule has 0 unspecified atom stereocenters. The zero-order valence-corrected chi connectivity index (χ0v) is 12.2. The lowest BCUT2D eigenvalue weighted by molar-refractivity contribution is 0.403. The number of benzene rings is 2. The highest BCUT2D eigenvalue weighted by molar-refractivity contribution is 7.90. The molecule has 0 N–H and O–H groups in total. The van der Waals surface area contributed by atoms with Gasteiger partial charge in [-0.05, 0) is 23.3 Å². The van der Waals surface area contributed by atoms with Crippen molar-refractivity contribution < 1.29 is 13.2 Å². The largest absolute Gasteiger partial charge is 0.495 e. The smallest absolute Gasteiger partial charge is 0.179 e. The molecule has 4 heteroatoms. The van der Waals surface area contributed by atoms with Gasteiger partial charge in [0.25, 0.3) is 0 Å². The van der Waals surface area contributed by atoms with E-state index in [-0.39, 0.29) is 4.90 Å². The highest BCUT2D eigenvalue weighted by atomic mass is 32.2. The van der Waals surface area contributed by atoms with Crippen molar-refractivity contribution in [2.75, 3.05) is 13.4 Å². The molecule has 20 heavy (non-hydrogen) atoms. The summed E-state index contributed by atoms with van der Waals surface area (Å²) in [6, 6.07) is 14.9. The second-order valence-corrected chi connectivity index (χ2v) is 6.41. The van der Waals surface area contributed by atoms with Gasteiger partial charge in [-0.25, -0.2) is 8.42 Å². The van der Waals surface area contributed by atoms with Gasteiger partial charge in [-0.2, -0.15) is 0 Å². The molecule has 0 bridgehead atoms. The second-order valence-electron chi connectivity index (χ2n) is 4.43. The van der Waals surface area contributed by atoms with Crippen molar-refractivity contribution in [3.63, 3.8) is 0 Å². The summed E-state index contributed by atoms with van der Waals surface area (Å²) in [5.41, 5.74) is 1.97. The van der Waals surface area contributed by atoms with Crippen LogP contribution < -0.4 is 4.74 Å². The van der Waals surface area contributed by atoms with Crippen LogP contribution in [0.25, 0.3) is 12.2 Å². The molecule has 0 aliphatic heterocycles. The third-order valence-corrected chi connectivity index (χ3v) is 3.99. The van der Waals surface area contributed by atoms with Crippen LogP contribution in [0.4, 0.5) is 0 Å². The van der Waals surface area contributed by atoms with Gasteiger partial charge in [-0.15, -0.1) is 0 Å². The van der Waals surface area contributed by atoms with E-state index in [0.717, 1.165) is 11.1 Å². The first-order valence-electron chi connectivity index (χ1n) is 6.12. The molecular formula is C16H16O3S. The third-order valence-electron chi connectivity index (χ3n) is 2.85. The van der Waals surface area contributed by atoms with Crippen molar-refractivity contribution >= 4 is 22.0 Å². The molecule has 0 spiro atoms. The fourth-order valence-electron chi connectivity index (χ4n) is 1.85. The average molecular weight is 288 g/mol. The normalized spacial score (nSPS) is 11.7. The SMILES string of the molecule is COc1cc(C=Cc2ccccc2)ccc1S(C)(=O)=O. The van der Waals surface area contributed by atoms with Crippen molar-refractivity contribution in [3.8, 4) is 5.75 Å². The van der Waals surface area contributed by atoms with Crippen LogP contribution >= 0.6 is 0 Å². The van der Waals surface area contributed by atoms with Gasteiger partial charge < -0.3 is 4.74 Å². The molecule has 2 aromatic carbocycles. The lowest BCUT2D eigenvalue weighted by Gasteiger charge is -2.07. The molecule has 0 radical (unpaired) electrons. The molecule has 0 heterocycles. The van der Waals surface area contributed by atoms with E-state index in [4.69, 9.17) is 4.74 Å². The minimum atomic E-state index is -3.28. The van der Waals surface area contributed by atoms with Crippen molar-refractivity contribution in [3.05, 3.63) is 59.7 Å². The minimum Gasteiger partial charge on any atom is -0.495 e. The van der Waals surface area contributed by atoms with Crippen molar-refractivity contribution in [2.45, 2.75) is 4.90 Å². The molecule has 0 amide bonds. The van der Waals surface area contributed by atoms with Crippen LogP contribution in [0, 0.1) is 0 Å². The maximum absolute atomic E-state index is 11.6. The van der Waals surface area contributed by atoms with Crippen LogP contribution in [0.3, 0.4) is 0 Å². The van der Waals surface area contributed by atoms with Gasteiger partial charge in [0.1, 0.15) is 10.6 Å². The van der Waals surface area contributed by atoms with Gasteiger partial charge in [0.2, 0.25) is 0 Å². The van der Waals surface area contributed by atoms with Gasteiger partial charge in [0, 0.05) is 6.26 Å². The number of sulfone groups is 1. The molecule has 0 aliphatic rings. The van der Waals surface area contributed by atoms with Crippen molar-refractivity contribution in [1.29, 1.82) is 0 Å². The highest BCUT2D eigenvalue weighted by Crippen LogP contribution is 2.25. The topological polar surface area (TPSA) is 43.4 Å². The van der Waals surface area contributed by atoms with E-state index < -0.39 is 9.84 Å². The molecule has 0 fully saturated rings. The number of hydrogen-bond acceptors (Lipinski definition) is 3. The fourth-order valence-corrected chi connectivity index (χ4v) is 2.67. The lowest BCUT2D eigenvalue weighted by Crippen LogP contribution is -2.00. The van der Waals surface area contributed by atoms with E-state index in [1.54, 1.807) is 18.2 Å². The monoisotopic (exact) mass is 288 g/mol. The zero-order chi connectivity index (χ0) is 14.6. The summed E-state index contributed by atoms with van der Waals surface area (Å²) >= 11 is 0. The quantitative estimate of drug-likeness (QED) is 0.811. The summed E-state index contributed by atoms with van der Waals surface area (Å²) in [4.78, 5) is 0.205. The van der Waals surface area contributed by atoms with Crippen LogP contribution in [0.5, 0.6) is 5.75 Å². The van der Waals surface area contributed by atoms with Crippen molar-refractivity contribution in [1.82, 2.24) is 0 Å². The molecule has 0 saturated carbocycles. The lowest BCUT2D eigenvalue weighted by atomic mass is 10.1. The summed E-state index contributed by atoms with van der Waals surface area (Å²) in [5.74, 6) is 0.364. The Bertz CT molecular complexity index is 717. The highest BCUT2D eigenvalue weighted by Gasteiger charge is 2.13. The Morgan fingerprint density at radius 2 is 1.60 bits per heavy atom. The first-order chi connectivity index (χ1) is 9.50. The molecule has 0 aliphatic carbocycles. The Morgan fingerprint density at radius 3 is 2.20 bits per heavy atom. The van der Waals surface area contributed by atoms with E-state index >= 15 is 0 Å². The van der Waals surface area contributed by atoms with Crippen LogP contribution in [0.2, 0.25) is 0 Å². The van der Waals surface area contributed by atoms with Gasteiger partial charge in [-0.1, -0.05) is 48.6 Å². The summed E-state index contributed by atoms with van der Waals surface area (Å²) in [6.07, 6.45) is 5.06. The van der Waals surface area contributed by atoms with E-state index in [1.807, 2.05) is 42.5 Å². The van der Waals surface area contributed by atoms with E-state index in [9.17, 15) is 8.42 Å². The van der Waals surface area contributed by atoms with Crippen LogP contribution in [-0.4, -0.2) is 21.8 Å². The van der Waals surface area contributed by atoms with Gasteiger partial charge in [-0.3, -0.25) is 0 Å². The minimum absolute atomic E-state index is 0.205. The van der Waals surface area contributed by atoms with Crippen molar-refractivity contribution in [2.24, 2.45) is 0 Å². The Kier molecular flexibility index (Phi) is 4.25. The predicted octanol–water partition coefficient (Wildman–Crippen LogP) is 3.27. The number of rotatable bonds is 4. The molecule has 2 aromatic rings. The van der Waals surface area contributed by atoms with E-state index in [2.05, 4.69) is 0 Å². The Morgan fingerprint density at radius 1 is 0.950 bits per heavy atom. The zero-order valence-electron chi connectivity index (χ0n) is 11.4. The summed E-state index contributed by atoms with van der Waals surface area (Å²) < 4.78 is 28.4. The molecule has 3 nitrogen and oxygen atoms in total.